The van der Waals surface area contributed by atoms with Crippen LogP contribution < -0.4 is 0 Å². The lowest BCUT2D eigenvalue weighted by atomic mass is 9.99. The van der Waals surface area contributed by atoms with Crippen molar-refractivity contribution in [3.05, 3.63) is 111 Å². The third kappa shape index (κ3) is 6.59. The highest BCUT2D eigenvalue weighted by atomic mass is 16.6. The summed E-state index contributed by atoms with van der Waals surface area (Å²) < 4.78 is 5.65. The van der Waals surface area contributed by atoms with Crippen molar-refractivity contribution in [3.8, 4) is 0 Å². The molecule has 3 rings (SSSR count). The van der Waals surface area contributed by atoms with Crippen LogP contribution in [0.3, 0.4) is 0 Å². The van der Waals surface area contributed by atoms with Crippen molar-refractivity contribution < 1.29 is 14.5 Å². The number of nitrogens with zero attached hydrogens (tertiary/aromatic N) is 2. The third-order valence-corrected chi connectivity index (χ3v) is 4.91. The highest BCUT2D eigenvalue weighted by Gasteiger charge is 2.28. The molecule has 0 aromatic heterocycles. The van der Waals surface area contributed by atoms with Gasteiger partial charge in [-0.2, -0.15) is 0 Å². The summed E-state index contributed by atoms with van der Waals surface area (Å²) in [7, 11) is 0. The van der Waals surface area contributed by atoms with Gasteiger partial charge in [-0.3, -0.25) is 15.1 Å². The molecule has 0 radical (unpaired) electrons. The highest BCUT2D eigenvalue weighted by Crippen LogP contribution is 2.24. The van der Waals surface area contributed by atoms with Crippen LogP contribution in [0.5, 0.6) is 0 Å². The predicted octanol–water partition coefficient (Wildman–Crippen LogP) is 5.69. The summed E-state index contributed by atoms with van der Waals surface area (Å²) in [6.07, 6.45) is 0.0503. The zero-order chi connectivity index (χ0) is 24.0. The Balaban J connectivity index is 2.13. The number of carbonyl (C=O) groups excluding carboxylic acids is 1. The van der Waals surface area contributed by atoms with E-state index < -0.39 is 22.5 Å². The van der Waals surface area contributed by atoms with E-state index in [-0.39, 0.29) is 12.1 Å². The SMILES string of the molecule is Cc1ccc(C[C@H](N=C(c2ccccc2)c2ccccc2)C(=O)OC(C)(C)C)c([N+](=O)[O-])c1. The maximum Gasteiger partial charge on any atom is 0.331 e. The molecule has 170 valence electrons. The Hall–Kier alpha value is -3.80. The van der Waals surface area contributed by atoms with E-state index in [0.29, 0.717) is 11.3 Å². The molecule has 0 aliphatic rings. The number of carbonyl (C=O) groups is 1. The standard InChI is InChI=1S/C27H28N2O4/c1-19-15-16-22(24(17-19)29(31)32)18-23(26(30)33-27(2,3)4)28-25(20-11-7-5-8-12-20)21-13-9-6-10-14-21/h5-17,23H,18H2,1-4H3/t23-/m0/s1. The van der Waals surface area contributed by atoms with Crippen molar-refractivity contribution in [1.29, 1.82) is 0 Å². The number of hydrogen-bond acceptors (Lipinski definition) is 5. The van der Waals surface area contributed by atoms with Crippen LogP contribution in [0.25, 0.3) is 0 Å². The van der Waals surface area contributed by atoms with Gasteiger partial charge in [0, 0.05) is 29.2 Å². The summed E-state index contributed by atoms with van der Waals surface area (Å²) in [5.74, 6) is -0.526. The van der Waals surface area contributed by atoms with E-state index in [0.717, 1.165) is 16.7 Å². The molecule has 6 nitrogen and oxygen atoms in total. The quantitative estimate of drug-likeness (QED) is 0.203. The van der Waals surface area contributed by atoms with Gasteiger partial charge in [-0.05, 0) is 33.3 Å². The molecular weight excluding hydrogens is 416 g/mol. The Morgan fingerprint density at radius 1 is 0.970 bits per heavy atom. The molecule has 0 aliphatic carbocycles. The van der Waals surface area contributed by atoms with Gasteiger partial charge < -0.3 is 4.74 Å². The first kappa shape index (κ1) is 23.9. The molecule has 0 unspecified atom stereocenters. The van der Waals surface area contributed by atoms with Crippen LogP contribution in [0.2, 0.25) is 0 Å². The van der Waals surface area contributed by atoms with Gasteiger partial charge >= 0.3 is 5.97 Å². The van der Waals surface area contributed by atoms with E-state index in [1.165, 1.54) is 6.07 Å². The highest BCUT2D eigenvalue weighted by molar-refractivity contribution is 6.13. The van der Waals surface area contributed by atoms with E-state index in [2.05, 4.69) is 0 Å². The minimum atomic E-state index is -0.957. The molecule has 0 heterocycles. The second-order valence-electron chi connectivity index (χ2n) is 8.85. The Morgan fingerprint density at radius 2 is 1.52 bits per heavy atom. The molecule has 0 N–H and O–H groups in total. The van der Waals surface area contributed by atoms with Gasteiger partial charge in [0.15, 0.2) is 6.04 Å². The molecule has 0 fully saturated rings. The average Bonchev–Trinajstić information content (AvgIpc) is 2.77. The lowest BCUT2D eigenvalue weighted by Gasteiger charge is -2.23. The maximum atomic E-state index is 13.2. The maximum absolute atomic E-state index is 13.2. The molecule has 0 aliphatic heterocycles. The molecule has 33 heavy (non-hydrogen) atoms. The van der Waals surface area contributed by atoms with Crippen molar-refractivity contribution in [3.63, 3.8) is 0 Å². The van der Waals surface area contributed by atoms with E-state index in [4.69, 9.17) is 9.73 Å². The van der Waals surface area contributed by atoms with Crippen LogP contribution in [-0.4, -0.2) is 28.2 Å². The molecular formula is C27H28N2O4. The normalized spacial score (nSPS) is 12.0. The third-order valence-electron chi connectivity index (χ3n) is 4.91. The fraction of sp³-hybridized carbons (Fsp3) is 0.259. The van der Waals surface area contributed by atoms with Gasteiger partial charge in [0.25, 0.3) is 5.69 Å². The first-order valence-electron chi connectivity index (χ1n) is 10.8. The van der Waals surface area contributed by atoms with Gasteiger partial charge in [-0.15, -0.1) is 0 Å². The topological polar surface area (TPSA) is 81.8 Å². The zero-order valence-corrected chi connectivity index (χ0v) is 19.3. The van der Waals surface area contributed by atoms with Gasteiger partial charge in [-0.25, -0.2) is 4.79 Å². The Bertz CT molecular complexity index is 1110. The minimum Gasteiger partial charge on any atom is -0.458 e. The zero-order valence-electron chi connectivity index (χ0n) is 19.3. The number of nitro groups is 1. The van der Waals surface area contributed by atoms with Gasteiger partial charge in [0.2, 0.25) is 0 Å². The number of nitro benzene ring substituents is 1. The smallest absolute Gasteiger partial charge is 0.331 e. The molecule has 0 saturated carbocycles. The number of esters is 1. The number of ether oxygens (including phenoxy) is 1. The van der Waals surface area contributed by atoms with E-state index >= 15 is 0 Å². The molecule has 0 saturated heterocycles. The second-order valence-corrected chi connectivity index (χ2v) is 8.85. The lowest BCUT2D eigenvalue weighted by molar-refractivity contribution is -0.385. The molecule has 0 bridgehead atoms. The minimum absolute atomic E-state index is 0.0280. The molecule has 3 aromatic rings. The molecule has 1 atom stereocenters. The number of aryl methyl sites for hydroxylation is 1. The molecule has 0 amide bonds. The van der Waals surface area contributed by atoms with Crippen molar-refractivity contribution in [2.75, 3.05) is 0 Å². The summed E-state index contributed by atoms with van der Waals surface area (Å²) >= 11 is 0. The fourth-order valence-corrected chi connectivity index (χ4v) is 3.44. The second kappa shape index (κ2) is 10.2. The van der Waals surface area contributed by atoms with Crippen LogP contribution in [0, 0.1) is 17.0 Å². The number of rotatable bonds is 7. The molecule has 6 heteroatoms. The summed E-state index contributed by atoms with van der Waals surface area (Å²) in [5.41, 5.74) is 2.78. The van der Waals surface area contributed by atoms with Crippen molar-refractivity contribution >= 4 is 17.4 Å². The Kier molecular flexibility index (Phi) is 7.38. The van der Waals surface area contributed by atoms with E-state index in [1.807, 2.05) is 60.7 Å². The fourth-order valence-electron chi connectivity index (χ4n) is 3.44. The number of hydrogen-bond donors (Lipinski definition) is 0. The first-order valence-corrected chi connectivity index (χ1v) is 10.8. The van der Waals surface area contributed by atoms with Crippen molar-refractivity contribution in [2.45, 2.75) is 45.8 Å². The van der Waals surface area contributed by atoms with E-state index in [1.54, 1.807) is 39.8 Å². The lowest BCUT2D eigenvalue weighted by Crippen LogP contribution is -2.33. The molecule has 0 spiro atoms. The predicted molar refractivity (Wildman–Crippen MR) is 130 cm³/mol. The summed E-state index contributed by atoms with van der Waals surface area (Å²) in [5, 5.41) is 11.7. The van der Waals surface area contributed by atoms with Crippen LogP contribution in [0.15, 0.2) is 83.9 Å². The van der Waals surface area contributed by atoms with Crippen LogP contribution in [-0.2, 0) is 16.0 Å². The van der Waals surface area contributed by atoms with Gasteiger partial charge in [-0.1, -0.05) is 72.8 Å². The number of aliphatic imine (C=N–C) groups is 1. The molecule has 3 aromatic carbocycles. The average molecular weight is 445 g/mol. The summed E-state index contributed by atoms with van der Waals surface area (Å²) in [6, 6.07) is 23.2. The van der Waals surface area contributed by atoms with E-state index in [9.17, 15) is 14.9 Å². The van der Waals surface area contributed by atoms with Crippen molar-refractivity contribution in [2.24, 2.45) is 4.99 Å². The van der Waals surface area contributed by atoms with Crippen LogP contribution >= 0.6 is 0 Å². The van der Waals surface area contributed by atoms with Crippen molar-refractivity contribution in [1.82, 2.24) is 0 Å². The van der Waals surface area contributed by atoms with Crippen LogP contribution in [0.1, 0.15) is 43.0 Å². The Morgan fingerprint density at radius 3 is 2.00 bits per heavy atom. The van der Waals surface area contributed by atoms with Crippen LogP contribution in [0.4, 0.5) is 5.69 Å². The first-order chi connectivity index (χ1) is 15.6. The summed E-state index contributed by atoms with van der Waals surface area (Å²) in [6.45, 7) is 7.16. The monoisotopic (exact) mass is 444 g/mol. The summed E-state index contributed by atoms with van der Waals surface area (Å²) in [4.78, 5) is 29.3. The number of benzene rings is 3. The van der Waals surface area contributed by atoms with Gasteiger partial charge in [0.05, 0.1) is 10.6 Å². The van der Waals surface area contributed by atoms with Gasteiger partial charge in [0.1, 0.15) is 5.60 Å². The largest absolute Gasteiger partial charge is 0.458 e. The Labute approximate surface area is 194 Å².